The molecule has 2 amide bonds. The molecule has 1 atom stereocenters. The quantitative estimate of drug-likeness (QED) is 0.661. The van der Waals surface area contributed by atoms with Crippen LogP contribution in [0.4, 0.5) is 5.69 Å². The van der Waals surface area contributed by atoms with Gasteiger partial charge in [0.05, 0.1) is 22.7 Å². The molecule has 3 aromatic rings. The Kier molecular flexibility index (Phi) is 5.13. The number of nitrogens with zero attached hydrogens (tertiary/aromatic N) is 3. The minimum atomic E-state index is -0.308. The SMILES string of the molecule is CCc1ccc(N2CC(C(=O)N(C)Cc3nc4ccccc4s3)CC2=O)cc1. The molecular weight excluding hydrogens is 370 g/mol. The summed E-state index contributed by atoms with van der Waals surface area (Å²) in [5.41, 5.74) is 3.06. The highest BCUT2D eigenvalue weighted by Gasteiger charge is 2.36. The van der Waals surface area contributed by atoms with Crippen molar-refractivity contribution in [1.29, 1.82) is 0 Å². The lowest BCUT2D eigenvalue weighted by Crippen LogP contribution is -2.34. The van der Waals surface area contributed by atoms with E-state index in [0.717, 1.165) is 27.3 Å². The van der Waals surface area contributed by atoms with Crippen LogP contribution >= 0.6 is 11.3 Å². The van der Waals surface area contributed by atoms with Crippen molar-refractivity contribution in [3.8, 4) is 0 Å². The van der Waals surface area contributed by atoms with Crippen LogP contribution in [0.2, 0.25) is 0 Å². The zero-order valence-corrected chi connectivity index (χ0v) is 16.9. The largest absolute Gasteiger partial charge is 0.339 e. The maximum absolute atomic E-state index is 12.9. The molecule has 4 rings (SSSR count). The fourth-order valence-corrected chi connectivity index (χ4v) is 4.64. The second-order valence-electron chi connectivity index (χ2n) is 7.20. The van der Waals surface area contributed by atoms with Crippen LogP contribution in [0.15, 0.2) is 48.5 Å². The molecule has 2 heterocycles. The molecule has 1 aromatic heterocycles. The van der Waals surface area contributed by atoms with Gasteiger partial charge in [0, 0.05) is 25.7 Å². The van der Waals surface area contributed by atoms with Crippen LogP contribution in [-0.2, 0) is 22.6 Å². The number of para-hydroxylation sites is 1. The van der Waals surface area contributed by atoms with Crippen molar-refractivity contribution in [3.05, 3.63) is 59.1 Å². The summed E-state index contributed by atoms with van der Waals surface area (Å²) in [6.07, 6.45) is 1.23. The summed E-state index contributed by atoms with van der Waals surface area (Å²) in [7, 11) is 1.79. The van der Waals surface area contributed by atoms with Crippen molar-refractivity contribution in [3.63, 3.8) is 0 Å². The molecule has 1 aliphatic rings. The molecule has 0 aliphatic carbocycles. The third-order valence-electron chi connectivity index (χ3n) is 5.22. The molecule has 1 saturated heterocycles. The van der Waals surface area contributed by atoms with Gasteiger partial charge in [0.15, 0.2) is 0 Å². The van der Waals surface area contributed by atoms with Crippen LogP contribution in [0.5, 0.6) is 0 Å². The summed E-state index contributed by atoms with van der Waals surface area (Å²) < 4.78 is 1.12. The minimum Gasteiger partial charge on any atom is -0.339 e. The van der Waals surface area contributed by atoms with E-state index in [-0.39, 0.29) is 24.2 Å². The molecule has 1 unspecified atom stereocenters. The summed E-state index contributed by atoms with van der Waals surface area (Å²) in [5, 5.41) is 0.911. The van der Waals surface area contributed by atoms with Crippen molar-refractivity contribution in [1.82, 2.24) is 9.88 Å². The molecule has 0 spiro atoms. The number of hydrogen-bond acceptors (Lipinski definition) is 4. The Morgan fingerprint density at radius 1 is 1.21 bits per heavy atom. The fraction of sp³-hybridized carbons (Fsp3) is 0.318. The van der Waals surface area contributed by atoms with Gasteiger partial charge in [-0.2, -0.15) is 0 Å². The number of fused-ring (bicyclic) bond motifs is 1. The summed E-state index contributed by atoms with van der Waals surface area (Å²) in [4.78, 5) is 33.4. The maximum Gasteiger partial charge on any atom is 0.228 e. The molecule has 6 heteroatoms. The van der Waals surface area contributed by atoms with Crippen LogP contribution in [0.3, 0.4) is 0 Å². The number of anilines is 1. The molecule has 1 aliphatic heterocycles. The standard InChI is InChI=1S/C22H23N3O2S/c1-3-15-8-10-17(11-9-15)25-13-16(12-21(25)26)22(27)24(2)14-20-23-18-6-4-5-7-19(18)28-20/h4-11,16H,3,12-14H2,1-2H3. The Morgan fingerprint density at radius 3 is 2.68 bits per heavy atom. The molecule has 1 fully saturated rings. The molecule has 0 bridgehead atoms. The number of hydrogen-bond donors (Lipinski definition) is 0. The fourth-order valence-electron chi connectivity index (χ4n) is 3.61. The predicted molar refractivity (Wildman–Crippen MR) is 112 cm³/mol. The van der Waals surface area contributed by atoms with Crippen LogP contribution in [0.25, 0.3) is 10.2 Å². The van der Waals surface area contributed by atoms with Crippen molar-refractivity contribution in [2.24, 2.45) is 5.92 Å². The average molecular weight is 394 g/mol. The molecule has 144 valence electrons. The highest BCUT2D eigenvalue weighted by molar-refractivity contribution is 7.18. The molecule has 5 nitrogen and oxygen atoms in total. The van der Waals surface area contributed by atoms with E-state index in [9.17, 15) is 9.59 Å². The first-order valence-corrected chi connectivity index (χ1v) is 10.4. The lowest BCUT2D eigenvalue weighted by molar-refractivity contribution is -0.135. The topological polar surface area (TPSA) is 53.5 Å². The van der Waals surface area contributed by atoms with Crippen LogP contribution in [-0.4, -0.2) is 35.3 Å². The number of thiazole rings is 1. The number of amides is 2. The Hall–Kier alpha value is -2.73. The predicted octanol–water partition coefficient (Wildman–Crippen LogP) is 3.87. The van der Waals surface area contributed by atoms with Gasteiger partial charge in [0.25, 0.3) is 0 Å². The van der Waals surface area contributed by atoms with Gasteiger partial charge in [-0.1, -0.05) is 31.2 Å². The van der Waals surface area contributed by atoms with Gasteiger partial charge in [-0.25, -0.2) is 4.98 Å². The molecule has 28 heavy (non-hydrogen) atoms. The second-order valence-corrected chi connectivity index (χ2v) is 8.31. The lowest BCUT2D eigenvalue weighted by Gasteiger charge is -2.21. The third-order valence-corrected chi connectivity index (χ3v) is 6.24. The van der Waals surface area contributed by atoms with E-state index < -0.39 is 0 Å². The van der Waals surface area contributed by atoms with E-state index in [2.05, 4.69) is 11.9 Å². The number of aromatic nitrogens is 1. The normalized spacial score (nSPS) is 16.7. The van der Waals surface area contributed by atoms with Gasteiger partial charge >= 0.3 is 0 Å². The van der Waals surface area contributed by atoms with E-state index >= 15 is 0 Å². The van der Waals surface area contributed by atoms with Gasteiger partial charge in [-0.15, -0.1) is 11.3 Å². The molecule has 0 N–H and O–H groups in total. The zero-order valence-electron chi connectivity index (χ0n) is 16.1. The summed E-state index contributed by atoms with van der Waals surface area (Å²) in [5.74, 6) is -0.297. The van der Waals surface area contributed by atoms with E-state index in [4.69, 9.17) is 0 Å². The van der Waals surface area contributed by atoms with Gasteiger partial charge < -0.3 is 9.80 Å². The van der Waals surface area contributed by atoms with Gasteiger partial charge in [-0.3, -0.25) is 9.59 Å². The summed E-state index contributed by atoms with van der Waals surface area (Å²) in [6, 6.07) is 16.0. The first-order valence-electron chi connectivity index (χ1n) is 9.54. The maximum atomic E-state index is 12.9. The first-order chi connectivity index (χ1) is 13.5. The zero-order chi connectivity index (χ0) is 19.7. The number of rotatable bonds is 5. The van der Waals surface area contributed by atoms with Gasteiger partial charge in [0.1, 0.15) is 5.01 Å². The van der Waals surface area contributed by atoms with Crippen LogP contribution in [0, 0.1) is 5.92 Å². The first kappa shape index (κ1) is 18.6. The number of aryl methyl sites for hydroxylation is 1. The van der Waals surface area contributed by atoms with Crippen molar-refractivity contribution >= 4 is 39.1 Å². The average Bonchev–Trinajstić information content (AvgIpc) is 3.30. The van der Waals surface area contributed by atoms with E-state index in [1.165, 1.54) is 5.56 Å². The second kappa shape index (κ2) is 7.72. The van der Waals surface area contributed by atoms with E-state index in [0.29, 0.717) is 13.1 Å². The van der Waals surface area contributed by atoms with Crippen LogP contribution in [0.1, 0.15) is 23.9 Å². The molecule has 0 radical (unpaired) electrons. The van der Waals surface area contributed by atoms with Gasteiger partial charge in [-0.05, 0) is 36.2 Å². The van der Waals surface area contributed by atoms with Crippen molar-refractivity contribution in [2.75, 3.05) is 18.5 Å². The van der Waals surface area contributed by atoms with Gasteiger partial charge in [0.2, 0.25) is 11.8 Å². The summed E-state index contributed by atoms with van der Waals surface area (Å²) >= 11 is 1.60. The smallest absolute Gasteiger partial charge is 0.228 e. The molecule has 0 saturated carbocycles. The Morgan fingerprint density at radius 2 is 1.96 bits per heavy atom. The molecule has 2 aromatic carbocycles. The minimum absolute atomic E-state index is 0.000263. The lowest BCUT2D eigenvalue weighted by atomic mass is 10.1. The van der Waals surface area contributed by atoms with Crippen molar-refractivity contribution < 1.29 is 9.59 Å². The Labute approximate surface area is 168 Å². The Bertz CT molecular complexity index is 979. The molecular formula is C22H23N3O2S. The number of carbonyl (C=O) groups excluding carboxylic acids is 2. The van der Waals surface area contributed by atoms with E-state index in [1.54, 1.807) is 28.2 Å². The van der Waals surface area contributed by atoms with E-state index in [1.807, 2.05) is 48.5 Å². The highest BCUT2D eigenvalue weighted by Crippen LogP contribution is 2.28. The third kappa shape index (κ3) is 3.64. The highest BCUT2D eigenvalue weighted by atomic mass is 32.1. The van der Waals surface area contributed by atoms with Crippen molar-refractivity contribution in [2.45, 2.75) is 26.3 Å². The number of carbonyl (C=O) groups is 2. The van der Waals surface area contributed by atoms with Crippen LogP contribution < -0.4 is 4.90 Å². The Balaban J connectivity index is 1.43. The summed E-state index contributed by atoms with van der Waals surface area (Å²) in [6.45, 7) is 3.01. The monoisotopic (exact) mass is 393 g/mol. The number of benzene rings is 2.